The Bertz CT molecular complexity index is 2650. The van der Waals surface area contributed by atoms with Crippen molar-refractivity contribution >= 4 is 53.3 Å². The van der Waals surface area contributed by atoms with Gasteiger partial charge >= 0.3 is 0 Å². The van der Waals surface area contributed by atoms with Gasteiger partial charge in [-0.25, -0.2) is 0 Å². The molecule has 0 saturated heterocycles. The van der Waals surface area contributed by atoms with Crippen molar-refractivity contribution in [2.24, 2.45) is 0 Å². The standard InChI is InChI=1S/C41H25N3S/c1-41(2)32-11-5-3-10-29(32)39-33(41)17-16-28-31-21-25(15-19-37(31)45-40(28)39)38-26(23-43)8-7-13-36(38)44-34-12-6-4-9-27(34)30-20-24(22-42)14-18-35(30)44/h3-21H,1-2H3. The Morgan fingerprint density at radius 1 is 0.622 bits per heavy atom. The Morgan fingerprint density at radius 2 is 1.44 bits per heavy atom. The molecule has 4 heteroatoms. The number of fused-ring (bicyclic) bond motifs is 10. The topological polar surface area (TPSA) is 52.5 Å². The number of hydrogen-bond donors (Lipinski definition) is 0. The monoisotopic (exact) mass is 591 g/mol. The second-order valence-corrected chi connectivity index (χ2v) is 13.4. The third kappa shape index (κ3) is 3.43. The highest BCUT2D eigenvalue weighted by molar-refractivity contribution is 7.26. The van der Waals surface area contributed by atoms with Gasteiger partial charge in [0.25, 0.3) is 0 Å². The van der Waals surface area contributed by atoms with Gasteiger partial charge in [-0.2, -0.15) is 10.5 Å². The molecule has 0 N–H and O–H groups in total. The summed E-state index contributed by atoms with van der Waals surface area (Å²) in [5.41, 5.74) is 11.6. The Kier molecular flexibility index (Phi) is 5.25. The average molecular weight is 592 g/mol. The summed E-state index contributed by atoms with van der Waals surface area (Å²) in [6, 6.07) is 45.0. The fourth-order valence-electron chi connectivity index (χ4n) is 7.60. The van der Waals surface area contributed by atoms with Crippen molar-refractivity contribution in [2.75, 3.05) is 0 Å². The largest absolute Gasteiger partial charge is 0.309 e. The zero-order valence-electron chi connectivity index (χ0n) is 24.7. The molecule has 1 aliphatic carbocycles. The lowest BCUT2D eigenvalue weighted by atomic mass is 9.82. The fraction of sp³-hybridized carbons (Fsp3) is 0.0732. The maximum Gasteiger partial charge on any atom is 0.0998 e. The highest BCUT2D eigenvalue weighted by Crippen LogP contribution is 2.54. The van der Waals surface area contributed by atoms with E-state index >= 15 is 0 Å². The average Bonchev–Trinajstić information content (AvgIpc) is 3.69. The van der Waals surface area contributed by atoms with E-state index < -0.39 is 0 Å². The lowest BCUT2D eigenvalue weighted by Gasteiger charge is -2.21. The van der Waals surface area contributed by atoms with Gasteiger partial charge in [0.1, 0.15) is 0 Å². The molecule has 0 amide bonds. The summed E-state index contributed by atoms with van der Waals surface area (Å²) in [5, 5.41) is 24.6. The van der Waals surface area contributed by atoms with E-state index in [1.807, 2.05) is 53.8 Å². The first kappa shape index (κ1) is 25.8. The van der Waals surface area contributed by atoms with E-state index in [4.69, 9.17) is 0 Å². The number of aromatic nitrogens is 1. The number of benzene rings is 6. The maximum absolute atomic E-state index is 10.4. The van der Waals surface area contributed by atoms with Crippen LogP contribution in [0.3, 0.4) is 0 Å². The van der Waals surface area contributed by atoms with E-state index in [-0.39, 0.29) is 5.41 Å². The van der Waals surface area contributed by atoms with Gasteiger partial charge in [0.2, 0.25) is 0 Å². The summed E-state index contributed by atoms with van der Waals surface area (Å²) in [7, 11) is 0. The van der Waals surface area contributed by atoms with Crippen LogP contribution in [0.1, 0.15) is 36.1 Å². The van der Waals surface area contributed by atoms with Crippen molar-refractivity contribution < 1.29 is 0 Å². The molecule has 2 aromatic heterocycles. The summed E-state index contributed by atoms with van der Waals surface area (Å²) in [6.45, 7) is 4.65. The van der Waals surface area contributed by atoms with E-state index in [1.54, 1.807) is 0 Å². The lowest BCUT2D eigenvalue weighted by molar-refractivity contribution is 0.661. The van der Waals surface area contributed by atoms with E-state index in [2.05, 4.69) is 103 Å². The molecule has 0 fully saturated rings. The van der Waals surface area contributed by atoms with Crippen molar-refractivity contribution in [3.8, 4) is 40.1 Å². The number of rotatable bonds is 2. The Labute approximate surface area is 264 Å². The molecule has 3 nitrogen and oxygen atoms in total. The Balaban J connectivity index is 1.33. The van der Waals surface area contributed by atoms with Crippen LogP contribution < -0.4 is 0 Å². The van der Waals surface area contributed by atoms with Crippen molar-refractivity contribution in [3.63, 3.8) is 0 Å². The Morgan fingerprint density at radius 3 is 2.31 bits per heavy atom. The molecular weight excluding hydrogens is 567 g/mol. The number of nitrogens with zero attached hydrogens (tertiary/aromatic N) is 3. The molecule has 0 spiro atoms. The van der Waals surface area contributed by atoms with Gasteiger partial charge in [-0.3, -0.25) is 0 Å². The molecule has 2 heterocycles. The first-order valence-corrected chi connectivity index (χ1v) is 15.9. The van der Waals surface area contributed by atoms with Gasteiger partial charge < -0.3 is 4.57 Å². The molecule has 0 radical (unpaired) electrons. The molecule has 0 aliphatic heterocycles. The fourth-order valence-corrected chi connectivity index (χ4v) is 8.84. The van der Waals surface area contributed by atoms with Crippen LogP contribution in [0.2, 0.25) is 0 Å². The highest BCUT2D eigenvalue weighted by atomic mass is 32.1. The molecule has 0 bridgehead atoms. The predicted octanol–water partition coefficient (Wildman–Crippen LogP) is 10.9. The van der Waals surface area contributed by atoms with E-state index in [1.165, 1.54) is 42.4 Å². The quantitative estimate of drug-likeness (QED) is 0.201. The van der Waals surface area contributed by atoms with Gasteiger partial charge in [-0.15, -0.1) is 11.3 Å². The van der Waals surface area contributed by atoms with Crippen LogP contribution in [0.25, 0.3) is 69.9 Å². The molecule has 210 valence electrons. The molecule has 9 rings (SSSR count). The van der Waals surface area contributed by atoms with E-state index in [0.717, 1.165) is 38.6 Å². The van der Waals surface area contributed by atoms with Gasteiger partial charge in [-0.1, -0.05) is 80.6 Å². The number of nitriles is 2. The minimum absolute atomic E-state index is 0.0433. The zero-order valence-corrected chi connectivity index (χ0v) is 25.5. The van der Waals surface area contributed by atoms with Crippen LogP contribution in [-0.4, -0.2) is 4.57 Å². The van der Waals surface area contributed by atoms with Crippen LogP contribution >= 0.6 is 11.3 Å². The minimum Gasteiger partial charge on any atom is -0.309 e. The molecule has 6 aromatic carbocycles. The molecule has 45 heavy (non-hydrogen) atoms. The van der Waals surface area contributed by atoms with Gasteiger partial charge in [0.15, 0.2) is 0 Å². The first-order valence-electron chi connectivity index (χ1n) is 15.1. The number of para-hydroxylation sites is 1. The molecule has 8 aromatic rings. The molecule has 1 aliphatic rings. The molecule has 0 saturated carbocycles. The van der Waals surface area contributed by atoms with Gasteiger partial charge in [0.05, 0.1) is 40.0 Å². The minimum atomic E-state index is -0.0433. The van der Waals surface area contributed by atoms with Gasteiger partial charge in [-0.05, 0) is 70.8 Å². The second kappa shape index (κ2) is 9.16. The van der Waals surface area contributed by atoms with Crippen LogP contribution in [0.4, 0.5) is 0 Å². The predicted molar refractivity (Wildman–Crippen MR) is 186 cm³/mol. The third-order valence-corrected chi connectivity index (χ3v) is 10.9. The van der Waals surface area contributed by atoms with Gasteiger partial charge in [0, 0.05) is 47.5 Å². The normalized spacial score (nSPS) is 13.2. The van der Waals surface area contributed by atoms with Crippen molar-refractivity contribution in [2.45, 2.75) is 19.3 Å². The van der Waals surface area contributed by atoms with Crippen LogP contribution in [-0.2, 0) is 5.41 Å². The zero-order chi connectivity index (χ0) is 30.4. The van der Waals surface area contributed by atoms with Crippen LogP contribution in [0.15, 0.2) is 115 Å². The number of thiophene rings is 1. The van der Waals surface area contributed by atoms with Crippen LogP contribution in [0.5, 0.6) is 0 Å². The summed E-state index contributed by atoms with van der Waals surface area (Å²) in [4.78, 5) is 0. The van der Waals surface area contributed by atoms with Crippen molar-refractivity contribution in [1.82, 2.24) is 4.57 Å². The second-order valence-electron chi connectivity index (χ2n) is 12.4. The maximum atomic E-state index is 10.4. The molecule has 0 unspecified atom stereocenters. The highest BCUT2D eigenvalue weighted by Gasteiger charge is 2.36. The lowest BCUT2D eigenvalue weighted by Crippen LogP contribution is -2.14. The van der Waals surface area contributed by atoms with E-state index in [9.17, 15) is 10.5 Å². The van der Waals surface area contributed by atoms with Crippen LogP contribution in [0, 0.1) is 22.7 Å². The smallest absolute Gasteiger partial charge is 0.0998 e. The van der Waals surface area contributed by atoms with E-state index in [0.29, 0.717) is 11.1 Å². The van der Waals surface area contributed by atoms with Crippen molar-refractivity contribution in [3.05, 3.63) is 138 Å². The third-order valence-electron chi connectivity index (χ3n) is 9.68. The SMILES string of the molecule is CC1(C)c2ccccc2-c2c1ccc1c2sc2ccc(-c3c(C#N)cccc3-n3c4ccccc4c4cc(C#N)ccc43)cc21. The summed E-state index contributed by atoms with van der Waals surface area (Å²) in [5.74, 6) is 0. The summed E-state index contributed by atoms with van der Waals surface area (Å²) in [6.07, 6.45) is 0. The summed E-state index contributed by atoms with van der Waals surface area (Å²) >= 11 is 1.86. The first-order chi connectivity index (χ1) is 22.0. The number of hydrogen-bond acceptors (Lipinski definition) is 3. The van der Waals surface area contributed by atoms with Crippen molar-refractivity contribution in [1.29, 1.82) is 10.5 Å². The Hall–Kier alpha value is -5.68. The molecule has 0 atom stereocenters. The summed E-state index contributed by atoms with van der Waals surface area (Å²) < 4.78 is 4.80. The molecular formula is C41H25N3S.